The van der Waals surface area contributed by atoms with Crippen LogP contribution in [0.4, 0.5) is 0 Å². The van der Waals surface area contributed by atoms with Gasteiger partial charge in [0.1, 0.15) is 12.4 Å². The molecule has 0 spiro atoms. The van der Waals surface area contributed by atoms with Crippen molar-refractivity contribution in [3.63, 3.8) is 0 Å². The highest BCUT2D eigenvalue weighted by molar-refractivity contribution is 5.33. The van der Waals surface area contributed by atoms with Crippen LogP contribution in [0.25, 0.3) is 0 Å². The summed E-state index contributed by atoms with van der Waals surface area (Å²) in [5.74, 6) is 1.67. The number of hydrogen-bond donors (Lipinski definition) is 2. The van der Waals surface area contributed by atoms with Crippen molar-refractivity contribution in [1.82, 2.24) is 15.5 Å². The highest BCUT2D eigenvalue weighted by Crippen LogP contribution is 2.30. The van der Waals surface area contributed by atoms with Crippen LogP contribution in [0.2, 0.25) is 0 Å². The van der Waals surface area contributed by atoms with Crippen LogP contribution in [0.3, 0.4) is 0 Å². The van der Waals surface area contributed by atoms with Crippen LogP contribution in [-0.4, -0.2) is 76.2 Å². The largest absolute Gasteiger partial charge is 0.492 e. The monoisotopic (exact) mass is 389 g/mol. The van der Waals surface area contributed by atoms with Gasteiger partial charge in [-0.3, -0.25) is 4.90 Å². The first-order chi connectivity index (χ1) is 13.9. The van der Waals surface area contributed by atoms with Gasteiger partial charge in [0.2, 0.25) is 0 Å². The van der Waals surface area contributed by atoms with Crippen molar-refractivity contribution in [3.05, 3.63) is 29.8 Å². The highest BCUT2D eigenvalue weighted by atomic mass is 16.5. The third kappa shape index (κ3) is 5.45. The molecular formula is C22H35N3O3. The molecule has 2 heterocycles. The van der Waals surface area contributed by atoms with Gasteiger partial charge >= 0.3 is 0 Å². The minimum Gasteiger partial charge on any atom is -0.492 e. The van der Waals surface area contributed by atoms with E-state index in [4.69, 9.17) is 14.2 Å². The van der Waals surface area contributed by atoms with Crippen LogP contribution in [0, 0.1) is 5.92 Å². The third-order valence-corrected chi connectivity index (χ3v) is 6.33. The number of para-hydroxylation sites is 1. The van der Waals surface area contributed by atoms with Crippen LogP contribution in [-0.2, 0) is 16.0 Å². The maximum atomic E-state index is 6.14. The molecule has 0 amide bonds. The van der Waals surface area contributed by atoms with Crippen molar-refractivity contribution >= 4 is 0 Å². The van der Waals surface area contributed by atoms with Crippen molar-refractivity contribution in [2.45, 2.75) is 37.9 Å². The zero-order chi connectivity index (χ0) is 19.0. The molecule has 1 aromatic rings. The smallest absolute Gasteiger partial charge is 0.123 e. The summed E-state index contributed by atoms with van der Waals surface area (Å²) in [5, 5.41) is 7.48. The second-order valence-electron chi connectivity index (χ2n) is 8.13. The van der Waals surface area contributed by atoms with E-state index in [1.165, 1.54) is 24.8 Å². The van der Waals surface area contributed by atoms with Crippen molar-refractivity contribution in [2.24, 2.45) is 5.92 Å². The predicted molar refractivity (Wildman–Crippen MR) is 110 cm³/mol. The summed E-state index contributed by atoms with van der Waals surface area (Å²) in [6, 6.07) is 9.50. The molecule has 6 heteroatoms. The average Bonchev–Trinajstić information content (AvgIpc) is 3.23. The SMILES string of the molecule is c1ccc(OCCN2CCOCC2)c(CNC2CCCC2C2COCCN2)c1. The molecule has 1 aromatic carbocycles. The zero-order valence-corrected chi connectivity index (χ0v) is 16.9. The molecule has 4 rings (SSSR count). The van der Waals surface area contributed by atoms with Crippen LogP contribution in [0.15, 0.2) is 24.3 Å². The fourth-order valence-corrected chi connectivity index (χ4v) is 4.73. The average molecular weight is 390 g/mol. The van der Waals surface area contributed by atoms with E-state index in [0.29, 0.717) is 18.0 Å². The number of morpholine rings is 2. The van der Waals surface area contributed by atoms with Gasteiger partial charge in [0.05, 0.1) is 26.4 Å². The van der Waals surface area contributed by atoms with Gasteiger partial charge in [-0.05, 0) is 24.8 Å². The standard InChI is InChI=1S/C22H35N3O3/c1-2-7-22(28-15-11-25-9-13-26-14-10-25)18(4-1)16-24-20-6-3-5-19(20)21-17-27-12-8-23-21/h1-2,4,7,19-21,23-24H,3,5-6,8-17H2. The van der Waals surface area contributed by atoms with Crippen LogP contribution in [0.5, 0.6) is 5.75 Å². The minimum atomic E-state index is 0.494. The third-order valence-electron chi connectivity index (χ3n) is 6.33. The Labute approximate surface area is 168 Å². The topological polar surface area (TPSA) is 55.0 Å². The fraction of sp³-hybridized carbons (Fsp3) is 0.727. The van der Waals surface area contributed by atoms with E-state index >= 15 is 0 Å². The first-order valence-corrected chi connectivity index (χ1v) is 11.0. The second-order valence-corrected chi connectivity index (χ2v) is 8.13. The second kappa shape index (κ2) is 10.6. The Bertz CT molecular complexity index is 588. The molecule has 1 saturated carbocycles. The molecule has 1 aliphatic carbocycles. The molecule has 0 aromatic heterocycles. The Kier molecular flexibility index (Phi) is 7.58. The van der Waals surface area contributed by atoms with E-state index < -0.39 is 0 Å². The predicted octanol–water partition coefficient (Wildman–Crippen LogP) is 1.64. The molecule has 6 nitrogen and oxygen atoms in total. The number of hydrogen-bond acceptors (Lipinski definition) is 6. The van der Waals surface area contributed by atoms with Gasteiger partial charge < -0.3 is 24.8 Å². The molecular weight excluding hydrogens is 354 g/mol. The van der Waals surface area contributed by atoms with Crippen LogP contribution >= 0.6 is 0 Å². The Morgan fingerprint density at radius 3 is 2.86 bits per heavy atom. The molecule has 3 unspecified atom stereocenters. The van der Waals surface area contributed by atoms with Gasteiger partial charge in [0, 0.05) is 50.4 Å². The summed E-state index contributed by atoms with van der Waals surface area (Å²) in [5.41, 5.74) is 1.25. The van der Waals surface area contributed by atoms with E-state index in [9.17, 15) is 0 Å². The Balaban J connectivity index is 1.27. The fourth-order valence-electron chi connectivity index (χ4n) is 4.73. The molecule has 3 atom stereocenters. The lowest BCUT2D eigenvalue weighted by atomic mass is 9.94. The maximum absolute atomic E-state index is 6.14. The number of rotatable bonds is 8. The van der Waals surface area contributed by atoms with Crippen molar-refractivity contribution in [2.75, 3.05) is 59.2 Å². The summed E-state index contributed by atoms with van der Waals surface area (Å²) in [7, 11) is 0. The van der Waals surface area contributed by atoms with E-state index in [-0.39, 0.29) is 0 Å². The zero-order valence-electron chi connectivity index (χ0n) is 16.9. The number of nitrogens with one attached hydrogen (secondary N) is 2. The van der Waals surface area contributed by atoms with Gasteiger partial charge in [-0.1, -0.05) is 24.6 Å². The van der Waals surface area contributed by atoms with E-state index in [1.54, 1.807) is 0 Å². The Morgan fingerprint density at radius 1 is 1.11 bits per heavy atom. The number of benzene rings is 1. The van der Waals surface area contributed by atoms with Crippen LogP contribution < -0.4 is 15.4 Å². The van der Waals surface area contributed by atoms with Crippen molar-refractivity contribution < 1.29 is 14.2 Å². The van der Waals surface area contributed by atoms with E-state index in [2.05, 4.69) is 39.8 Å². The van der Waals surface area contributed by atoms with Gasteiger partial charge in [-0.25, -0.2) is 0 Å². The van der Waals surface area contributed by atoms with Gasteiger partial charge in [0.25, 0.3) is 0 Å². The molecule has 28 heavy (non-hydrogen) atoms. The summed E-state index contributed by atoms with van der Waals surface area (Å²) >= 11 is 0. The first kappa shape index (κ1) is 20.1. The molecule has 3 aliphatic rings. The molecule has 0 bridgehead atoms. The lowest BCUT2D eigenvalue weighted by Crippen LogP contribution is -2.50. The molecule has 2 aliphatic heterocycles. The summed E-state index contributed by atoms with van der Waals surface area (Å²) in [6.07, 6.45) is 3.84. The van der Waals surface area contributed by atoms with Gasteiger partial charge in [-0.15, -0.1) is 0 Å². The number of nitrogens with zero attached hydrogens (tertiary/aromatic N) is 1. The quantitative estimate of drug-likeness (QED) is 0.705. The molecule has 2 saturated heterocycles. The summed E-state index contributed by atoms with van der Waals surface area (Å²) in [4.78, 5) is 2.41. The molecule has 2 N–H and O–H groups in total. The molecule has 3 fully saturated rings. The Morgan fingerprint density at radius 2 is 2.00 bits per heavy atom. The van der Waals surface area contributed by atoms with E-state index in [1.807, 2.05) is 0 Å². The maximum Gasteiger partial charge on any atom is 0.123 e. The lowest BCUT2D eigenvalue weighted by Gasteiger charge is -2.33. The Hall–Kier alpha value is -1.18. The van der Waals surface area contributed by atoms with Gasteiger partial charge in [0.15, 0.2) is 0 Å². The van der Waals surface area contributed by atoms with Crippen molar-refractivity contribution in [1.29, 1.82) is 0 Å². The number of ether oxygens (including phenoxy) is 3. The highest BCUT2D eigenvalue weighted by Gasteiger charge is 2.34. The summed E-state index contributed by atoms with van der Waals surface area (Å²) in [6.45, 7) is 8.92. The van der Waals surface area contributed by atoms with Gasteiger partial charge in [-0.2, -0.15) is 0 Å². The minimum absolute atomic E-state index is 0.494. The van der Waals surface area contributed by atoms with E-state index in [0.717, 1.165) is 71.5 Å². The first-order valence-electron chi connectivity index (χ1n) is 11.0. The van der Waals surface area contributed by atoms with Crippen LogP contribution in [0.1, 0.15) is 24.8 Å². The molecule has 156 valence electrons. The normalized spacial score (nSPS) is 29.1. The van der Waals surface area contributed by atoms with Crippen molar-refractivity contribution in [3.8, 4) is 5.75 Å². The molecule has 0 radical (unpaired) electrons. The summed E-state index contributed by atoms with van der Waals surface area (Å²) < 4.78 is 17.3. The lowest BCUT2D eigenvalue weighted by molar-refractivity contribution is 0.0322.